The number of hydrogen-bond donors (Lipinski definition) is 0. The number of carbonyl (C=O) groups is 2. The quantitative estimate of drug-likeness (QED) is 0.514. The summed E-state index contributed by atoms with van der Waals surface area (Å²) in [6.07, 6.45) is 3.07. The number of carbonyl (C=O) groups excluding carboxylic acids is 2. The second kappa shape index (κ2) is 9.34. The molecule has 0 N–H and O–H groups in total. The zero-order chi connectivity index (χ0) is 21.0. The molecule has 2 saturated heterocycles. The van der Waals surface area contributed by atoms with Gasteiger partial charge in [-0.15, -0.1) is 0 Å². The molecule has 160 valence electrons. The molecule has 0 saturated carbocycles. The van der Waals surface area contributed by atoms with Crippen LogP contribution < -0.4 is 0 Å². The molecule has 1 unspecified atom stereocenters. The summed E-state index contributed by atoms with van der Waals surface area (Å²) in [6, 6.07) is 4.15. The van der Waals surface area contributed by atoms with E-state index >= 15 is 0 Å². The fourth-order valence-electron chi connectivity index (χ4n) is 4.30. The predicted molar refractivity (Wildman–Crippen MR) is 108 cm³/mol. The molecule has 2 heterocycles. The number of ether oxygens (including phenoxy) is 1. The molecule has 1 atom stereocenters. The fraction of sp³-hybridized carbons (Fsp3) is 0.636. The Morgan fingerprint density at radius 3 is 2.45 bits per heavy atom. The van der Waals surface area contributed by atoms with Crippen molar-refractivity contribution in [3.8, 4) is 0 Å². The van der Waals surface area contributed by atoms with Crippen LogP contribution in [0.1, 0.15) is 47.9 Å². The van der Waals surface area contributed by atoms with Gasteiger partial charge in [-0.3, -0.25) is 4.79 Å². The van der Waals surface area contributed by atoms with Crippen LogP contribution in [0.3, 0.4) is 0 Å². The molecular weight excluding hydrogens is 372 g/mol. The van der Waals surface area contributed by atoms with Crippen LogP contribution in [-0.2, 0) is 30.4 Å². The molecule has 1 aromatic carbocycles. The molecule has 2 fully saturated rings. The van der Waals surface area contributed by atoms with Crippen molar-refractivity contribution in [1.82, 2.24) is 10.1 Å². The maximum atomic E-state index is 13.4. The van der Waals surface area contributed by atoms with Gasteiger partial charge in [-0.25, -0.2) is 9.90 Å². The van der Waals surface area contributed by atoms with Crippen molar-refractivity contribution >= 4 is 12.2 Å². The van der Waals surface area contributed by atoms with Crippen LogP contribution in [0.4, 0.5) is 0 Å². The Morgan fingerprint density at radius 1 is 1.28 bits per heavy atom. The van der Waals surface area contributed by atoms with E-state index in [1.807, 2.05) is 20.8 Å². The molecule has 0 bridgehead atoms. The van der Waals surface area contributed by atoms with Crippen molar-refractivity contribution < 1.29 is 24.0 Å². The molecule has 7 nitrogen and oxygen atoms in total. The minimum absolute atomic E-state index is 0.189. The Labute approximate surface area is 172 Å². The molecule has 0 radical (unpaired) electrons. The van der Waals surface area contributed by atoms with Gasteiger partial charge in [0.05, 0.1) is 20.1 Å². The predicted octanol–water partition coefficient (Wildman–Crippen LogP) is 2.65. The maximum absolute atomic E-state index is 13.4. The van der Waals surface area contributed by atoms with Crippen LogP contribution in [-0.4, -0.2) is 61.0 Å². The van der Waals surface area contributed by atoms with Gasteiger partial charge in [0.2, 0.25) is 0 Å². The molecule has 2 aliphatic rings. The normalized spacial score (nSPS) is 21.9. The van der Waals surface area contributed by atoms with E-state index < -0.39 is 11.8 Å². The van der Waals surface area contributed by atoms with Gasteiger partial charge >= 0.3 is 0 Å². The summed E-state index contributed by atoms with van der Waals surface area (Å²) in [4.78, 5) is 37.0. The summed E-state index contributed by atoms with van der Waals surface area (Å²) in [5.74, 6) is -0.214. The highest BCUT2D eigenvalue weighted by molar-refractivity contribution is 5.83. The third-order valence-electron chi connectivity index (χ3n) is 5.98. The van der Waals surface area contributed by atoms with Gasteiger partial charge in [0, 0.05) is 19.5 Å². The topological polar surface area (TPSA) is 68.3 Å². The molecule has 0 spiro atoms. The summed E-state index contributed by atoms with van der Waals surface area (Å²) < 4.78 is 5.60. The lowest BCUT2D eigenvalue weighted by atomic mass is 9.88. The lowest BCUT2D eigenvalue weighted by Gasteiger charge is -2.44. The van der Waals surface area contributed by atoms with Gasteiger partial charge < -0.3 is 14.4 Å². The van der Waals surface area contributed by atoms with Gasteiger partial charge in [0.25, 0.3) is 5.91 Å². The number of rotatable bonds is 7. The van der Waals surface area contributed by atoms with Crippen LogP contribution >= 0.6 is 0 Å². The SMILES string of the molecule is CON1CCC(C=O)(N(OC2CCCO2)C(=O)Cc2c(C)cc(C)cc2C)CC1. The first kappa shape index (κ1) is 21.9. The summed E-state index contributed by atoms with van der Waals surface area (Å²) in [7, 11) is 1.61. The van der Waals surface area contributed by atoms with E-state index in [2.05, 4.69) is 12.1 Å². The zero-order valence-corrected chi connectivity index (χ0v) is 17.9. The van der Waals surface area contributed by atoms with Crippen molar-refractivity contribution in [1.29, 1.82) is 0 Å². The first-order chi connectivity index (χ1) is 13.9. The van der Waals surface area contributed by atoms with E-state index in [1.165, 1.54) is 10.6 Å². The number of benzene rings is 1. The Kier molecular flexibility index (Phi) is 7.05. The van der Waals surface area contributed by atoms with E-state index in [1.54, 1.807) is 12.2 Å². The van der Waals surface area contributed by atoms with Crippen molar-refractivity contribution in [2.24, 2.45) is 0 Å². The highest BCUT2D eigenvalue weighted by atomic mass is 16.8. The minimum atomic E-state index is -1.01. The lowest BCUT2D eigenvalue weighted by Crippen LogP contribution is -2.59. The number of aryl methyl sites for hydroxylation is 3. The molecule has 1 aromatic rings. The smallest absolute Gasteiger partial charge is 0.251 e. The Balaban J connectivity index is 1.86. The standard InChI is InChI=1S/C22H32N2O5/c1-16-12-17(2)19(18(3)13-16)14-20(26)24(29-21-6-5-11-28-21)22(15-25)7-9-23(27-4)10-8-22/h12-13,15,21H,5-11,14H2,1-4H3. The number of nitrogens with zero attached hydrogens (tertiary/aromatic N) is 2. The molecule has 1 amide bonds. The van der Waals surface area contributed by atoms with Crippen LogP contribution in [0.25, 0.3) is 0 Å². The summed E-state index contributed by atoms with van der Waals surface area (Å²) in [5.41, 5.74) is 3.28. The van der Waals surface area contributed by atoms with E-state index in [0.29, 0.717) is 39.0 Å². The maximum Gasteiger partial charge on any atom is 0.251 e. The van der Waals surface area contributed by atoms with Gasteiger partial charge in [-0.2, -0.15) is 5.06 Å². The molecule has 2 aliphatic heterocycles. The Bertz CT molecular complexity index is 714. The second-order valence-corrected chi connectivity index (χ2v) is 8.12. The summed E-state index contributed by atoms with van der Waals surface area (Å²) in [5, 5.41) is 3.12. The van der Waals surface area contributed by atoms with Gasteiger partial charge in [0.15, 0.2) is 6.29 Å². The van der Waals surface area contributed by atoms with Crippen LogP contribution in [0.2, 0.25) is 0 Å². The third kappa shape index (κ3) is 4.86. The number of hydrogen-bond acceptors (Lipinski definition) is 6. The lowest BCUT2D eigenvalue weighted by molar-refractivity contribution is -0.293. The zero-order valence-electron chi connectivity index (χ0n) is 17.9. The average Bonchev–Trinajstić information content (AvgIpc) is 3.22. The minimum Gasteiger partial charge on any atom is -0.350 e. The molecular formula is C22H32N2O5. The first-order valence-electron chi connectivity index (χ1n) is 10.3. The van der Waals surface area contributed by atoms with Crippen LogP contribution in [0.5, 0.6) is 0 Å². The highest BCUT2D eigenvalue weighted by Crippen LogP contribution is 2.31. The van der Waals surface area contributed by atoms with E-state index in [0.717, 1.165) is 29.4 Å². The van der Waals surface area contributed by atoms with Gasteiger partial charge in [-0.05, 0) is 56.7 Å². The number of hydroxylamine groups is 4. The van der Waals surface area contributed by atoms with E-state index in [9.17, 15) is 9.59 Å². The largest absolute Gasteiger partial charge is 0.350 e. The number of amides is 1. The highest BCUT2D eigenvalue weighted by Gasteiger charge is 2.45. The summed E-state index contributed by atoms with van der Waals surface area (Å²) in [6.45, 7) is 7.78. The molecule has 0 aliphatic carbocycles. The van der Waals surface area contributed by atoms with Crippen LogP contribution in [0.15, 0.2) is 12.1 Å². The second-order valence-electron chi connectivity index (χ2n) is 8.12. The average molecular weight is 405 g/mol. The van der Waals surface area contributed by atoms with Gasteiger partial charge in [0.1, 0.15) is 11.8 Å². The number of piperidine rings is 1. The summed E-state index contributed by atoms with van der Waals surface area (Å²) >= 11 is 0. The molecule has 0 aromatic heterocycles. The van der Waals surface area contributed by atoms with Crippen molar-refractivity contribution in [2.75, 3.05) is 26.8 Å². The monoisotopic (exact) mass is 404 g/mol. The molecule has 29 heavy (non-hydrogen) atoms. The van der Waals surface area contributed by atoms with Crippen molar-refractivity contribution in [3.05, 3.63) is 34.4 Å². The Hall–Kier alpha value is -1.80. The molecule has 7 heteroatoms. The van der Waals surface area contributed by atoms with Gasteiger partial charge in [-0.1, -0.05) is 17.7 Å². The van der Waals surface area contributed by atoms with E-state index in [-0.39, 0.29) is 12.3 Å². The van der Waals surface area contributed by atoms with Crippen molar-refractivity contribution in [3.63, 3.8) is 0 Å². The van der Waals surface area contributed by atoms with Crippen molar-refractivity contribution in [2.45, 2.75) is 64.7 Å². The fourth-order valence-corrected chi connectivity index (χ4v) is 4.30. The van der Waals surface area contributed by atoms with E-state index in [4.69, 9.17) is 14.4 Å². The number of aldehydes is 1. The first-order valence-corrected chi connectivity index (χ1v) is 10.3. The third-order valence-corrected chi connectivity index (χ3v) is 5.98. The van der Waals surface area contributed by atoms with Crippen LogP contribution in [0, 0.1) is 20.8 Å². The Morgan fingerprint density at radius 2 is 1.93 bits per heavy atom. The molecule has 3 rings (SSSR count).